The van der Waals surface area contributed by atoms with E-state index in [1.165, 1.54) is 0 Å². The van der Waals surface area contributed by atoms with Gasteiger partial charge < -0.3 is 5.32 Å². The summed E-state index contributed by atoms with van der Waals surface area (Å²) in [5.41, 5.74) is 0.583. The molecule has 14 heavy (non-hydrogen) atoms. The van der Waals surface area contributed by atoms with Crippen molar-refractivity contribution in [2.24, 2.45) is 0 Å². The molecule has 0 heterocycles. The Balaban J connectivity index is 2.85. The van der Waals surface area contributed by atoms with Gasteiger partial charge in [-0.25, -0.2) is 0 Å². The van der Waals surface area contributed by atoms with Crippen molar-refractivity contribution in [2.75, 3.05) is 5.32 Å². The first-order valence-electron chi connectivity index (χ1n) is 3.82. The summed E-state index contributed by atoms with van der Waals surface area (Å²) < 4.78 is 1.02. The molecule has 0 aliphatic rings. The van der Waals surface area contributed by atoms with E-state index in [1.54, 1.807) is 19.1 Å². The molecule has 4 heteroatoms. The highest BCUT2D eigenvalue weighted by Gasteiger charge is 2.02. The first-order chi connectivity index (χ1) is 6.63. The van der Waals surface area contributed by atoms with Crippen molar-refractivity contribution in [1.29, 1.82) is 0 Å². The maximum atomic E-state index is 11.1. The minimum atomic E-state index is -0.351. The van der Waals surface area contributed by atoms with E-state index >= 15 is 0 Å². The van der Waals surface area contributed by atoms with Crippen molar-refractivity contribution < 1.29 is 4.79 Å². The standard InChI is InChI=1S/C10H7ClINO/c1-2-3-10(14)13-9-5-4-7(12)6-8(9)11/h4-6H,1H3,(H,13,14). The van der Waals surface area contributed by atoms with Gasteiger partial charge in [0.1, 0.15) is 0 Å². The van der Waals surface area contributed by atoms with Gasteiger partial charge in [0.2, 0.25) is 0 Å². The van der Waals surface area contributed by atoms with E-state index in [0.717, 1.165) is 3.57 Å². The first-order valence-corrected chi connectivity index (χ1v) is 5.28. The van der Waals surface area contributed by atoms with E-state index in [4.69, 9.17) is 11.6 Å². The van der Waals surface area contributed by atoms with Gasteiger partial charge in [0.15, 0.2) is 0 Å². The molecular weight excluding hydrogens is 312 g/mol. The highest BCUT2D eigenvalue weighted by atomic mass is 127. The highest BCUT2D eigenvalue weighted by molar-refractivity contribution is 14.1. The topological polar surface area (TPSA) is 29.1 Å². The van der Waals surface area contributed by atoms with Crippen LogP contribution < -0.4 is 5.32 Å². The molecule has 0 aliphatic carbocycles. The number of nitrogens with one attached hydrogen (secondary N) is 1. The average Bonchev–Trinajstić information content (AvgIpc) is 2.10. The summed E-state index contributed by atoms with van der Waals surface area (Å²) in [6.07, 6.45) is 0. The quantitative estimate of drug-likeness (QED) is 0.626. The van der Waals surface area contributed by atoms with Gasteiger partial charge in [-0.1, -0.05) is 17.5 Å². The molecule has 2 nitrogen and oxygen atoms in total. The molecule has 0 fully saturated rings. The second kappa shape index (κ2) is 5.23. The van der Waals surface area contributed by atoms with Gasteiger partial charge in [0, 0.05) is 3.57 Å². The molecule has 0 radical (unpaired) electrons. The lowest BCUT2D eigenvalue weighted by Gasteiger charge is -2.03. The van der Waals surface area contributed by atoms with Crippen LogP contribution in [0, 0.1) is 15.4 Å². The van der Waals surface area contributed by atoms with Crippen LogP contribution in [-0.2, 0) is 4.79 Å². The van der Waals surface area contributed by atoms with Gasteiger partial charge in [-0.3, -0.25) is 4.79 Å². The largest absolute Gasteiger partial charge is 0.314 e. The van der Waals surface area contributed by atoms with Gasteiger partial charge in [-0.15, -0.1) is 0 Å². The van der Waals surface area contributed by atoms with E-state index in [2.05, 4.69) is 39.7 Å². The molecule has 1 rings (SSSR count). The van der Waals surface area contributed by atoms with Crippen molar-refractivity contribution in [3.63, 3.8) is 0 Å². The summed E-state index contributed by atoms with van der Waals surface area (Å²) in [6.45, 7) is 1.61. The molecular formula is C10H7ClINO. The maximum absolute atomic E-state index is 11.1. The van der Waals surface area contributed by atoms with E-state index < -0.39 is 0 Å². The fourth-order valence-electron chi connectivity index (χ4n) is 0.858. The number of rotatable bonds is 1. The number of benzene rings is 1. The monoisotopic (exact) mass is 319 g/mol. The van der Waals surface area contributed by atoms with Gasteiger partial charge >= 0.3 is 0 Å². The maximum Gasteiger partial charge on any atom is 0.300 e. The number of carbonyl (C=O) groups is 1. The van der Waals surface area contributed by atoms with Gasteiger partial charge in [0.25, 0.3) is 5.91 Å². The SMILES string of the molecule is CC#CC(=O)Nc1ccc(I)cc1Cl. The van der Waals surface area contributed by atoms with Gasteiger partial charge in [0.05, 0.1) is 10.7 Å². The van der Waals surface area contributed by atoms with Crippen LogP contribution in [0.15, 0.2) is 18.2 Å². The van der Waals surface area contributed by atoms with Crippen LogP contribution in [0.3, 0.4) is 0 Å². The molecule has 1 aromatic carbocycles. The summed E-state index contributed by atoms with van der Waals surface area (Å²) in [5.74, 6) is 4.54. The second-order valence-corrected chi connectivity index (χ2v) is 4.11. The Morgan fingerprint density at radius 2 is 2.29 bits per heavy atom. The van der Waals surface area contributed by atoms with Crippen LogP contribution in [-0.4, -0.2) is 5.91 Å². The third-order valence-corrected chi connectivity index (χ3v) is 2.40. The molecule has 1 amide bonds. The number of hydrogen-bond acceptors (Lipinski definition) is 1. The third kappa shape index (κ3) is 3.20. The molecule has 0 bridgehead atoms. The van der Waals surface area contributed by atoms with Crippen molar-refractivity contribution in [3.05, 3.63) is 26.8 Å². The molecule has 0 unspecified atom stereocenters. The van der Waals surface area contributed by atoms with Crippen molar-refractivity contribution in [3.8, 4) is 11.8 Å². The Morgan fingerprint density at radius 3 is 2.86 bits per heavy atom. The average molecular weight is 320 g/mol. The Labute approximate surface area is 101 Å². The number of carbonyl (C=O) groups excluding carboxylic acids is 1. The summed E-state index contributed by atoms with van der Waals surface area (Å²) in [4.78, 5) is 11.1. The first kappa shape index (κ1) is 11.3. The van der Waals surface area contributed by atoms with Crippen LogP contribution in [0.1, 0.15) is 6.92 Å². The summed E-state index contributed by atoms with van der Waals surface area (Å²) >= 11 is 8.05. The summed E-state index contributed by atoms with van der Waals surface area (Å²) in [7, 11) is 0. The van der Waals surface area contributed by atoms with E-state index in [9.17, 15) is 4.79 Å². The molecule has 1 N–H and O–H groups in total. The molecule has 0 aliphatic heterocycles. The molecule has 1 aromatic rings. The lowest BCUT2D eigenvalue weighted by molar-refractivity contribution is -0.111. The van der Waals surface area contributed by atoms with Crippen LogP contribution >= 0.6 is 34.2 Å². The highest BCUT2D eigenvalue weighted by Crippen LogP contribution is 2.23. The number of halogens is 2. The molecule has 0 saturated carbocycles. The molecule has 0 saturated heterocycles. The van der Waals surface area contributed by atoms with Gasteiger partial charge in [-0.05, 0) is 53.6 Å². The van der Waals surface area contributed by atoms with Crippen LogP contribution in [0.25, 0.3) is 0 Å². The summed E-state index contributed by atoms with van der Waals surface area (Å²) in [6, 6.07) is 5.39. The van der Waals surface area contributed by atoms with Gasteiger partial charge in [-0.2, -0.15) is 0 Å². The Kier molecular flexibility index (Phi) is 4.23. The van der Waals surface area contributed by atoms with Crippen molar-refractivity contribution in [2.45, 2.75) is 6.92 Å². The fourth-order valence-corrected chi connectivity index (χ4v) is 1.76. The number of anilines is 1. The lowest BCUT2D eigenvalue weighted by atomic mass is 10.3. The van der Waals surface area contributed by atoms with Crippen molar-refractivity contribution in [1.82, 2.24) is 0 Å². The Morgan fingerprint density at radius 1 is 1.57 bits per heavy atom. The predicted octanol–water partition coefficient (Wildman–Crippen LogP) is 2.91. The van der Waals surface area contributed by atoms with Crippen LogP contribution in [0.5, 0.6) is 0 Å². The minimum Gasteiger partial charge on any atom is -0.314 e. The zero-order valence-electron chi connectivity index (χ0n) is 7.40. The van der Waals surface area contributed by atoms with Crippen LogP contribution in [0.2, 0.25) is 5.02 Å². The van der Waals surface area contributed by atoms with E-state index in [-0.39, 0.29) is 5.91 Å². The lowest BCUT2D eigenvalue weighted by Crippen LogP contribution is -2.08. The second-order valence-electron chi connectivity index (χ2n) is 2.45. The predicted molar refractivity (Wildman–Crippen MR) is 66.2 cm³/mol. The normalized spacial score (nSPS) is 8.79. The zero-order valence-corrected chi connectivity index (χ0v) is 10.3. The smallest absolute Gasteiger partial charge is 0.300 e. The number of amides is 1. The van der Waals surface area contributed by atoms with E-state index in [1.807, 2.05) is 6.07 Å². The minimum absolute atomic E-state index is 0.351. The van der Waals surface area contributed by atoms with Crippen LogP contribution in [0.4, 0.5) is 5.69 Å². The Hall–Kier alpha value is -0.730. The number of hydrogen-bond donors (Lipinski definition) is 1. The zero-order chi connectivity index (χ0) is 10.6. The molecule has 72 valence electrons. The molecule has 0 aromatic heterocycles. The molecule has 0 atom stereocenters. The fraction of sp³-hybridized carbons (Fsp3) is 0.100. The summed E-state index contributed by atoms with van der Waals surface area (Å²) in [5, 5.41) is 3.11. The third-order valence-electron chi connectivity index (χ3n) is 1.42. The van der Waals surface area contributed by atoms with E-state index in [0.29, 0.717) is 10.7 Å². The molecule has 0 spiro atoms. The van der Waals surface area contributed by atoms with Crippen molar-refractivity contribution >= 4 is 45.8 Å². The Bertz CT molecular complexity index is 420.